The fourth-order valence-electron chi connectivity index (χ4n) is 12.9. The summed E-state index contributed by atoms with van der Waals surface area (Å²) in [6, 6.07) is 24.4. The Balaban J connectivity index is 0.892. The lowest BCUT2D eigenvalue weighted by Crippen LogP contribution is -2.64. The molecule has 27 nitrogen and oxygen atoms in total. The van der Waals surface area contributed by atoms with Gasteiger partial charge >= 0.3 is 11.6 Å². The Hall–Kier alpha value is -6.22. The molecule has 11 rings (SSSR count). The van der Waals surface area contributed by atoms with Crippen molar-refractivity contribution in [2.45, 2.75) is 188 Å². The van der Waals surface area contributed by atoms with Crippen molar-refractivity contribution < 1.29 is 102 Å². The first kappa shape index (κ1) is 66.2. The summed E-state index contributed by atoms with van der Waals surface area (Å²) in [6.45, 7) is 0.0373. The number of hydrogen-bond donors (Lipinski definition) is 9. The number of likely N-dealkylation sites (tertiary alicyclic amines) is 1. The van der Waals surface area contributed by atoms with Crippen LogP contribution in [0.5, 0.6) is 0 Å². The van der Waals surface area contributed by atoms with E-state index in [2.05, 4.69) is 15.6 Å². The Morgan fingerprint density at radius 1 is 0.703 bits per heavy atom. The minimum absolute atomic E-state index is 0.0867. The smallest absolute Gasteiger partial charge is 0.341 e. The summed E-state index contributed by atoms with van der Waals surface area (Å²) < 4.78 is 63.8. The van der Waals surface area contributed by atoms with E-state index in [1.807, 2.05) is 30.3 Å². The largest absolute Gasteiger partial charge is 0.450 e. The second-order valence-corrected chi connectivity index (χ2v) is 24.3. The number of para-hydroxylation sites is 1. The van der Waals surface area contributed by atoms with Gasteiger partial charge in [-0.2, -0.15) is 0 Å². The maximum absolute atomic E-state index is 14.9. The number of carbonyl (C=O) groups excluding carboxylic acids is 3. The topological polar surface area (TPSA) is 372 Å². The van der Waals surface area contributed by atoms with Gasteiger partial charge in [0.05, 0.1) is 62.0 Å². The monoisotopic (exact) mass is 1270 g/mol. The third-order valence-corrected chi connectivity index (χ3v) is 18.2. The van der Waals surface area contributed by atoms with Gasteiger partial charge in [0.15, 0.2) is 25.0 Å². The van der Waals surface area contributed by atoms with Crippen molar-refractivity contribution in [2.24, 2.45) is 11.8 Å². The zero-order valence-corrected chi connectivity index (χ0v) is 50.3. The van der Waals surface area contributed by atoms with Gasteiger partial charge in [-0.05, 0) is 62.8 Å². The molecule has 2 aromatic heterocycles. The fourth-order valence-corrected chi connectivity index (χ4v) is 12.9. The molecule has 0 spiro atoms. The molecule has 494 valence electrons. The maximum atomic E-state index is 14.9. The first-order valence-electron chi connectivity index (χ1n) is 31.3. The molecule has 0 bridgehead atoms. The summed E-state index contributed by atoms with van der Waals surface area (Å²) in [5.74, 6) is -2.72. The van der Waals surface area contributed by atoms with E-state index >= 15 is 0 Å². The second-order valence-electron chi connectivity index (χ2n) is 24.3. The number of rotatable bonds is 23. The quantitative estimate of drug-likeness (QED) is 0.0250. The van der Waals surface area contributed by atoms with Crippen LogP contribution in [0.3, 0.4) is 0 Å². The van der Waals surface area contributed by atoms with Crippen molar-refractivity contribution in [2.75, 3.05) is 39.5 Å². The highest BCUT2D eigenvalue weighted by molar-refractivity contribution is 5.89. The SMILES string of the molecule is CC1O[C@@H](OC2C(n3cc(-c4ccccc4)nn3)CC(C(=O)NCCO[C@H]3OC(CO)[C@@H](O)C(OCc4cc5ccccc5oc4=O)C3O)C[C@H]2O[C@@H]2OC(CO)[C@H](O)C(O[C@@H](CC3CCCCC3)C(=O)N3CCC3)C2OC(=O)c2ccccc2)C(O)C(O)[C@@H]1O. The van der Waals surface area contributed by atoms with Crippen molar-refractivity contribution in [3.05, 3.63) is 119 Å². The summed E-state index contributed by atoms with van der Waals surface area (Å²) >= 11 is 0. The number of benzene rings is 3. The average Bonchev–Trinajstić information content (AvgIpc) is 1.92. The standard InChI is InChI=1S/C64H81N5O22/c1-34-48(72)51(75)52(76)63(84-34)91-54-42(69-30-41(66-67-69)36-16-7-3-8-17-36)28-39(58(78)65-22-25-82-62-53(77)55(49(73)46(31-70)88-62)83-33-40-27-38-20-11-12-21-43(38)86-61(40)81)29-44(54)87-64-57(90-60(80)37-18-9-4-10-19-37)56(50(74)47(32-71)89-64)85-45(59(79)68-23-13-24-68)26-35-14-5-2-6-15-35/h3-4,7-12,16-21,27,30,34-35,39,42,44-57,62-64,70-77H,2,5-6,13-15,22-26,28-29,31-33H2,1H3,(H,65,78)/t34?,39?,42?,44-,45+,46?,47?,48-,49-,50+,51?,52?,53?,54?,55?,56?,57?,62+,63+,64-/m1/s1. The minimum Gasteiger partial charge on any atom is -0.450 e. The fraction of sp³-hybridized carbons (Fsp3) is 0.594. The van der Waals surface area contributed by atoms with E-state index in [0.29, 0.717) is 41.7 Å². The maximum Gasteiger partial charge on any atom is 0.341 e. The van der Waals surface area contributed by atoms with Gasteiger partial charge in [-0.1, -0.05) is 104 Å². The molecule has 27 heteroatoms. The van der Waals surface area contributed by atoms with Gasteiger partial charge in [0.2, 0.25) is 5.91 Å². The highest BCUT2D eigenvalue weighted by Gasteiger charge is 2.55. The number of nitrogens with zero attached hydrogens (tertiary/aromatic N) is 4. The molecule has 4 aliphatic heterocycles. The van der Waals surface area contributed by atoms with Crippen LogP contribution in [-0.2, 0) is 58.8 Å². The molecule has 6 fully saturated rings. The molecule has 2 amide bonds. The predicted molar refractivity (Wildman–Crippen MR) is 316 cm³/mol. The number of hydrogen-bond acceptors (Lipinski definition) is 24. The summed E-state index contributed by atoms with van der Waals surface area (Å²) in [5, 5.41) is 102. The van der Waals surface area contributed by atoms with Crippen LogP contribution in [0, 0.1) is 11.8 Å². The summed E-state index contributed by atoms with van der Waals surface area (Å²) in [4.78, 5) is 58.2. The molecule has 2 aliphatic carbocycles. The van der Waals surface area contributed by atoms with E-state index in [-0.39, 0.29) is 48.9 Å². The van der Waals surface area contributed by atoms with Gasteiger partial charge in [0, 0.05) is 36.5 Å². The molecule has 12 unspecified atom stereocenters. The number of nitrogens with one attached hydrogen (secondary N) is 1. The van der Waals surface area contributed by atoms with Crippen LogP contribution in [0.1, 0.15) is 86.7 Å². The number of aliphatic hydroxyl groups excluding tert-OH is 8. The van der Waals surface area contributed by atoms with Crippen molar-refractivity contribution in [1.82, 2.24) is 25.2 Å². The number of ether oxygens (including phenoxy) is 9. The zero-order chi connectivity index (χ0) is 63.9. The van der Waals surface area contributed by atoms with Crippen molar-refractivity contribution >= 4 is 28.8 Å². The predicted octanol–water partition coefficient (Wildman–Crippen LogP) is 1.02. The molecule has 5 aromatic rings. The number of esters is 1. The highest BCUT2D eigenvalue weighted by atomic mass is 16.8. The van der Waals surface area contributed by atoms with E-state index in [9.17, 15) is 60.0 Å². The van der Waals surface area contributed by atoms with Crippen LogP contribution < -0.4 is 10.9 Å². The average molecular weight is 1270 g/mol. The van der Waals surface area contributed by atoms with E-state index in [0.717, 1.165) is 38.5 Å². The van der Waals surface area contributed by atoms with Crippen LogP contribution in [0.15, 0.2) is 106 Å². The van der Waals surface area contributed by atoms with Gasteiger partial charge in [0.25, 0.3) is 5.91 Å². The van der Waals surface area contributed by atoms with E-state index in [4.69, 9.17) is 47.0 Å². The van der Waals surface area contributed by atoms with Gasteiger partial charge in [-0.15, -0.1) is 5.10 Å². The molecule has 2 saturated carbocycles. The Labute approximate surface area is 523 Å². The van der Waals surface area contributed by atoms with Gasteiger partial charge < -0.3 is 98.1 Å². The molecule has 9 N–H and O–H groups in total. The minimum atomic E-state index is -1.85. The third-order valence-electron chi connectivity index (χ3n) is 18.2. The Bertz CT molecular complexity index is 3240. The summed E-state index contributed by atoms with van der Waals surface area (Å²) in [5.41, 5.74) is 0.948. The van der Waals surface area contributed by atoms with Gasteiger partial charge in [0.1, 0.15) is 84.5 Å². The number of amides is 2. The molecule has 0 radical (unpaired) electrons. The van der Waals surface area contributed by atoms with E-state index in [1.54, 1.807) is 59.6 Å². The first-order chi connectivity index (χ1) is 44.1. The van der Waals surface area contributed by atoms with Crippen LogP contribution in [0.2, 0.25) is 0 Å². The number of fused-ring (bicyclic) bond motifs is 1. The normalized spacial score (nSPS) is 33.4. The van der Waals surface area contributed by atoms with Gasteiger partial charge in [-0.3, -0.25) is 9.59 Å². The number of carbonyl (C=O) groups is 3. The lowest BCUT2D eigenvalue weighted by atomic mass is 9.80. The van der Waals surface area contributed by atoms with E-state index in [1.165, 1.54) is 23.7 Å². The highest BCUT2D eigenvalue weighted by Crippen LogP contribution is 2.42. The lowest BCUT2D eigenvalue weighted by molar-refractivity contribution is -0.348. The van der Waals surface area contributed by atoms with Crippen LogP contribution >= 0.6 is 0 Å². The van der Waals surface area contributed by atoms with Crippen LogP contribution in [-0.4, -0.2) is 228 Å². The van der Waals surface area contributed by atoms with Crippen molar-refractivity contribution in [1.29, 1.82) is 0 Å². The Morgan fingerprint density at radius 3 is 2.11 bits per heavy atom. The molecular formula is C64H81N5O22. The molecule has 3 aromatic carbocycles. The molecule has 4 saturated heterocycles. The Kier molecular flexibility index (Phi) is 22.0. The summed E-state index contributed by atoms with van der Waals surface area (Å²) in [7, 11) is 0. The van der Waals surface area contributed by atoms with Gasteiger partial charge in [-0.25, -0.2) is 14.3 Å². The molecular weight excluding hydrogens is 1190 g/mol. The molecule has 6 heterocycles. The zero-order valence-electron chi connectivity index (χ0n) is 50.3. The summed E-state index contributed by atoms with van der Waals surface area (Å²) in [6.07, 6.45) is -20.5. The van der Waals surface area contributed by atoms with Crippen LogP contribution in [0.25, 0.3) is 22.2 Å². The molecule has 6 aliphatic rings. The lowest BCUT2D eigenvalue weighted by Gasteiger charge is -2.49. The van der Waals surface area contributed by atoms with Crippen LogP contribution in [0.4, 0.5) is 0 Å². The number of aliphatic hydroxyl groups is 8. The van der Waals surface area contributed by atoms with Crippen molar-refractivity contribution in [3.8, 4) is 11.3 Å². The molecule has 20 atom stereocenters. The number of aromatic nitrogens is 3. The van der Waals surface area contributed by atoms with E-state index < -0.39 is 160 Å². The Morgan fingerprint density at radius 2 is 1.40 bits per heavy atom. The third kappa shape index (κ3) is 15.2. The van der Waals surface area contributed by atoms with Crippen molar-refractivity contribution in [3.63, 3.8) is 0 Å². The molecule has 91 heavy (non-hydrogen) atoms. The first-order valence-corrected chi connectivity index (χ1v) is 31.3. The second kappa shape index (κ2) is 30.2.